The Labute approximate surface area is 119 Å². The zero-order valence-electron chi connectivity index (χ0n) is 12.0. The van der Waals surface area contributed by atoms with Crippen molar-refractivity contribution in [3.05, 3.63) is 29.5 Å². The summed E-state index contributed by atoms with van der Waals surface area (Å²) in [4.78, 5) is 5.47. The van der Waals surface area contributed by atoms with Gasteiger partial charge in [-0.3, -0.25) is 4.32 Å². The first-order valence-corrected chi connectivity index (χ1v) is 6.48. The molecule has 1 aliphatic carbocycles. The van der Waals surface area contributed by atoms with E-state index in [9.17, 15) is 4.32 Å². The molecular formula is C12H21BFN3O3. The Morgan fingerprint density at radius 1 is 1.35 bits per heavy atom. The summed E-state index contributed by atoms with van der Waals surface area (Å²) in [7, 11) is -2.67. The average Bonchev–Trinajstić information content (AvgIpc) is 2.40. The standard InChI is InChI=1S/C12H19N3O.BFH2O2/c1-4-15(5-2)10-7-8-11(14-13)12(9-10)16-6-3;2-1(3)4/h7-9,12H,4-6H2,1-3H3;3-4H. The third-order valence-electron chi connectivity index (χ3n) is 2.63. The Morgan fingerprint density at radius 3 is 2.30 bits per heavy atom. The van der Waals surface area contributed by atoms with Crippen molar-refractivity contribution in [1.82, 2.24) is 4.90 Å². The predicted octanol–water partition coefficient (Wildman–Crippen LogP) is 0.783. The monoisotopic (exact) mass is 285 g/mol. The fourth-order valence-electron chi connectivity index (χ4n) is 1.76. The fraction of sp³-hybridized carbons (Fsp3) is 0.583. The molecule has 0 spiro atoms. The van der Waals surface area contributed by atoms with Gasteiger partial charge in [-0.05, 0) is 32.9 Å². The zero-order chi connectivity index (χ0) is 15.5. The molecule has 1 rings (SSSR count). The highest BCUT2D eigenvalue weighted by Gasteiger charge is 2.24. The highest BCUT2D eigenvalue weighted by molar-refractivity contribution is 6.31. The molecule has 112 valence electrons. The second-order valence-electron chi connectivity index (χ2n) is 3.81. The summed E-state index contributed by atoms with van der Waals surface area (Å²) in [6.07, 6.45) is 5.51. The molecule has 0 aromatic carbocycles. The Morgan fingerprint density at radius 2 is 1.90 bits per heavy atom. The number of ether oxygens (including phenoxy) is 1. The maximum absolute atomic E-state index is 10.1. The van der Waals surface area contributed by atoms with Crippen LogP contribution in [0.1, 0.15) is 20.8 Å². The summed E-state index contributed by atoms with van der Waals surface area (Å²) in [6.45, 7) is 8.67. The molecule has 2 N–H and O–H groups in total. The van der Waals surface area contributed by atoms with Gasteiger partial charge in [-0.2, -0.15) is 4.79 Å². The van der Waals surface area contributed by atoms with Crippen LogP contribution >= 0.6 is 0 Å². The Balaban J connectivity index is 0.000000796. The van der Waals surface area contributed by atoms with E-state index in [1.165, 1.54) is 0 Å². The van der Waals surface area contributed by atoms with Crippen molar-refractivity contribution in [3.8, 4) is 0 Å². The first-order chi connectivity index (χ1) is 9.49. The van der Waals surface area contributed by atoms with Gasteiger partial charge < -0.3 is 25.2 Å². The van der Waals surface area contributed by atoms with Crippen LogP contribution in [0.3, 0.4) is 0 Å². The van der Waals surface area contributed by atoms with E-state index in [4.69, 9.17) is 20.3 Å². The molecular weight excluding hydrogens is 264 g/mol. The summed E-state index contributed by atoms with van der Waals surface area (Å²) >= 11 is 0. The first-order valence-electron chi connectivity index (χ1n) is 6.48. The number of hydrogen-bond donors (Lipinski definition) is 2. The van der Waals surface area contributed by atoms with Crippen molar-refractivity contribution in [3.63, 3.8) is 0 Å². The van der Waals surface area contributed by atoms with Crippen molar-refractivity contribution in [1.29, 1.82) is 0 Å². The van der Waals surface area contributed by atoms with Crippen LogP contribution in [-0.4, -0.2) is 58.6 Å². The second kappa shape index (κ2) is 10.3. The summed E-state index contributed by atoms with van der Waals surface area (Å²) < 4.78 is 15.6. The van der Waals surface area contributed by atoms with Gasteiger partial charge in [-0.1, -0.05) is 0 Å². The van der Waals surface area contributed by atoms with E-state index in [1.807, 2.05) is 19.1 Å². The molecule has 0 amide bonds. The van der Waals surface area contributed by atoms with E-state index in [-0.39, 0.29) is 6.10 Å². The van der Waals surface area contributed by atoms with Gasteiger partial charge >= 0.3 is 13.1 Å². The minimum atomic E-state index is -2.67. The number of rotatable bonds is 5. The van der Waals surface area contributed by atoms with Crippen LogP contribution in [0, 0.1) is 0 Å². The van der Waals surface area contributed by atoms with Gasteiger partial charge in [0.15, 0.2) is 6.10 Å². The lowest BCUT2D eigenvalue weighted by atomic mass is 10.1. The fourth-order valence-corrected chi connectivity index (χ4v) is 1.76. The van der Waals surface area contributed by atoms with E-state index in [2.05, 4.69) is 23.5 Å². The summed E-state index contributed by atoms with van der Waals surface area (Å²) in [6, 6.07) is 0. The summed E-state index contributed by atoms with van der Waals surface area (Å²) in [5, 5.41) is 13.9. The Hall–Kier alpha value is -1.47. The molecule has 0 radical (unpaired) electrons. The SMILES string of the molecule is CCOC1C=C(N(CC)CC)C=CC1=[N+]=[N-].OB(O)F. The molecule has 0 heterocycles. The Bertz CT molecular complexity index is 389. The van der Waals surface area contributed by atoms with Crippen molar-refractivity contribution < 1.29 is 23.9 Å². The summed E-state index contributed by atoms with van der Waals surface area (Å²) in [5.41, 5.74) is 10.5. The largest absolute Gasteiger partial charge is 0.674 e. The number of allylic oxidation sites excluding steroid dienone is 1. The van der Waals surface area contributed by atoms with Gasteiger partial charge in [0.1, 0.15) is 0 Å². The van der Waals surface area contributed by atoms with Crippen LogP contribution in [0.4, 0.5) is 4.32 Å². The normalized spacial score (nSPS) is 16.8. The molecule has 0 aliphatic heterocycles. The number of likely N-dealkylation sites (N-methyl/N-ethyl adjacent to an activating group) is 1. The predicted molar refractivity (Wildman–Crippen MR) is 75.5 cm³/mol. The third kappa shape index (κ3) is 6.63. The van der Waals surface area contributed by atoms with Crippen LogP contribution in [0.2, 0.25) is 0 Å². The van der Waals surface area contributed by atoms with Crippen molar-refractivity contribution >= 4 is 13.1 Å². The smallest absolute Gasteiger partial charge is 0.398 e. The molecule has 1 aliphatic rings. The molecule has 0 saturated carbocycles. The zero-order valence-corrected chi connectivity index (χ0v) is 12.0. The summed E-state index contributed by atoms with van der Waals surface area (Å²) in [5.74, 6) is 0. The van der Waals surface area contributed by atoms with E-state index in [0.717, 1.165) is 18.8 Å². The van der Waals surface area contributed by atoms with Crippen molar-refractivity contribution in [2.45, 2.75) is 26.9 Å². The van der Waals surface area contributed by atoms with Crippen LogP contribution in [0.5, 0.6) is 0 Å². The van der Waals surface area contributed by atoms with E-state index in [1.54, 1.807) is 6.08 Å². The van der Waals surface area contributed by atoms with Gasteiger partial charge in [-0.25, -0.2) is 0 Å². The molecule has 0 bridgehead atoms. The van der Waals surface area contributed by atoms with Crippen molar-refractivity contribution in [2.75, 3.05) is 19.7 Å². The molecule has 20 heavy (non-hydrogen) atoms. The minimum absolute atomic E-state index is 0.240. The quantitative estimate of drug-likeness (QED) is 0.444. The number of halogens is 1. The molecule has 0 aromatic rings. The molecule has 6 nitrogen and oxygen atoms in total. The van der Waals surface area contributed by atoms with Crippen LogP contribution < -0.4 is 0 Å². The lowest BCUT2D eigenvalue weighted by molar-refractivity contribution is -0.0218. The second-order valence-corrected chi connectivity index (χ2v) is 3.81. The van der Waals surface area contributed by atoms with Gasteiger partial charge in [0, 0.05) is 31.5 Å². The number of hydrogen-bond acceptors (Lipinski definition) is 4. The molecule has 1 atom stereocenters. The van der Waals surface area contributed by atoms with Crippen molar-refractivity contribution in [2.24, 2.45) is 0 Å². The Kier molecular flexibility index (Phi) is 9.58. The highest BCUT2D eigenvalue weighted by Crippen LogP contribution is 2.14. The molecule has 8 heteroatoms. The van der Waals surface area contributed by atoms with E-state index in [0.29, 0.717) is 12.3 Å². The molecule has 0 fully saturated rings. The van der Waals surface area contributed by atoms with E-state index < -0.39 is 7.40 Å². The number of nitrogens with zero attached hydrogens (tertiary/aromatic N) is 3. The van der Waals surface area contributed by atoms with Crippen LogP contribution in [0.25, 0.3) is 5.53 Å². The van der Waals surface area contributed by atoms with Crippen LogP contribution in [0.15, 0.2) is 23.9 Å². The lowest BCUT2D eigenvalue weighted by Gasteiger charge is -2.25. The molecule has 0 aromatic heterocycles. The molecule has 1 unspecified atom stereocenters. The van der Waals surface area contributed by atoms with Crippen LogP contribution in [-0.2, 0) is 4.74 Å². The highest BCUT2D eigenvalue weighted by atomic mass is 19.1. The van der Waals surface area contributed by atoms with Gasteiger partial charge in [0.2, 0.25) is 0 Å². The topological polar surface area (TPSA) is 89.3 Å². The lowest BCUT2D eigenvalue weighted by Crippen LogP contribution is -2.29. The minimum Gasteiger partial charge on any atom is -0.398 e. The van der Waals surface area contributed by atoms with Gasteiger partial charge in [-0.15, -0.1) is 0 Å². The maximum atomic E-state index is 10.1. The average molecular weight is 285 g/mol. The van der Waals surface area contributed by atoms with E-state index >= 15 is 0 Å². The first kappa shape index (κ1) is 18.5. The van der Waals surface area contributed by atoms with Gasteiger partial charge in [0.05, 0.1) is 0 Å². The maximum Gasteiger partial charge on any atom is 0.674 e. The molecule has 0 saturated heterocycles. The third-order valence-corrected chi connectivity index (χ3v) is 2.63. The van der Waals surface area contributed by atoms with Gasteiger partial charge in [0.25, 0.3) is 0 Å².